The number of hydrogen-bond acceptors (Lipinski definition) is 2. The van der Waals surface area contributed by atoms with E-state index < -0.39 is 11.7 Å². The average molecular weight is 331 g/mol. The van der Waals surface area contributed by atoms with E-state index in [2.05, 4.69) is 21.2 Å². The molecule has 6 heteroatoms. The number of nitrogens with zero attached hydrogens (tertiary/aromatic N) is 1. The highest BCUT2D eigenvalue weighted by atomic mass is 79.9. The summed E-state index contributed by atoms with van der Waals surface area (Å²) in [5.74, 6) is -1.34. The quantitative estimate of drug-likeness (QED) is 0.899. The van der Waals surface area contributed by atoms with Crippen LogP contribution in [0.15, 0.2) is 22.7 Å². The summed E-state index contributed by atoms with van der Waals surface area (Å²) in [5.41, 5.74) is -0.0412. The van der Waals surface area contributed by atoms with Crippen LogP contribution in [0.4, 0.5) is 4.39 Å². The molecule has 0 radical (unpaired) electrons. The van der Waals surface area contributed by atoms with E-state index in [1.807, 2.05) is 0 Å². The molecule has 0 unspecified atom stereocenters. The van der Waals surface area contributed by atoms with Gasteiger partial charge in [0.05, 0.1) is 12.1 Å². The monoisotopic (exact) mass is 330 g/mol. The van der Waals surface area contributed by atoms with Crippen LogP contribution in [0.5, 0.6) is 0 Å². The minimum Gasteiger partial charge on any atom is -0.355 e. The van der Waals surface area contributed by atoms with Crippen molar-refractivity contribution in [2.75, 3.05) is 19.6 Å². The van der Waals surface area contributed by atoms with Crippen molar-refractivity contribution in [3.8, 4) is 0 Å². The fourth-order valence-electron chi connectivity index (χ4n) is 1.59. The lowest BCUT2D eigenvalue weighted by atomic mass is 10.2. The van der Waals surface area contributed by atoms with Crippen molar-refractivity contribution in [1.82, 2.24) is 10.2 Å². The zero-order valence-electron chi connectivity index (χ0n) is 10.9. The predicted octanol–water partition coefficient (Wildman–Crippen LogP) is 2.19. The summed E-state index contributed by atoms with van der Waals surface area (Å²) >= 11 is 3.19. The lowest BCUT2D eigenvalue weighted by Gasteiger charge is -2.20. The van der Waals surface area contributed by atoms with Crippen molar-refractivity contribution in [3.63, 3.8) is 0 Å². The first-order valence-electron chi connectivity index (χ1n) is 6.00. The summed E-state index contributed by atoms with van der Waals surface area (Å²) in [6.07, 6.45) is 0. The molecular weight excluding hydrogens is 315 g/mol. The largest absolute Gasteiger partial charge is 0.355 e. The topological polar surface area (TPSA) is 49.4 Å². The van der Waals surface area contributed by atoms with Gasteiger partial charge < -0.3 is 10.2 Å². The van der Waals surface area contributed by atoms with Gasteiger partial charge >= 0.3 is 0 Å². The van der Waals surface area contributed by atoms with Crippen LogP contribution in [0.1, 0.15) is 24.2 Å². The Hall–Kier alpha value is -1.43. The maximum atomic E-state index is 13.6. The van der Waals surface area contributed by atoms with Gasteiger partial charge in [-0.05, 0) is 32.0 Å². The van der Waals surface area contributed by atoms with E-state index >= 15 is 0 Å². The van der Waals surface area contributed by atoms with E-state index in [0.29, 0.717) is 17.6 Å². The molecule has 1 aromatic carbocycles. The molecule has 0 saturated carbocycles. The SMILES string of the molecule is CCNC(=O)CN(CC)C(=O)c1cc(Br)ccc1F. The Balaban J connectivity index is 2.89. The summed E-state index contributed by atoms with van der Waals surface area (Å²) in [7, 11) is 0. The number of amides is 2. The Morgan fingerprint density at radius 3 is 2.63 bits per heavy atom. The maximum absolute atomic E-state index is 13.6. The van der Waals surface area contributed by atoms with Crippen molar-refractivity contribution < 1.29 is 14.0 Å². The Bertz CT molecular complexity index is 480. The van der Waals surface area contributed by atoms with Gasteiger partial charge in [0.25, 0.3) is 5.91 Å². The number of halogens is 2. The van der Waals surface area contributed by atoms with Crippen LogP contribution in [-0.2, 0) is 4.79 Å². The highest BCUT2D eigenvalue weighted by molar-refractivity contribution is 9.10. The van der Waals surface area contributed by atoms with Gasteiger partial charge in [-0.1, -0.05) is 15.9 Å². The normalized spacial score (nSPS) is 10.1. The molecule has 1 N–H and O–H groups in total. The lowest BCUT2D eigenvalue weighted by Crippen LogP contribution is -2.40. The maximum Gasteiger partial charge on any atom is 0.257 e. The van der Waals surface area contributed by atoms with Crippen molar-refractivity contribution in [3.05, 3.63) is 34.1 Å². The summed E-state index contributed by atoms with van der Waals surface area (Å²) in [4.78, 5) is 25.0. The average Bonchev–Trinajstić information content (AvgIpc) is 2.38. The second kappa shape index (κ2) is 7.23. The molecule has 0 spiro atoms. The van der Waals surface area contributed by atoms with E-state index in [1.54, 1.807) is 13.8 Å². The zero-order valence-corrected chi connectivity index (χ0v) is 12.5. The lowest BCUT2D eigenvalue weighted by molar-refractivity contribution is -0.121. The second-order valence-electron chi connectivity index (χ2n) is 3.90. The number of nitrogens with one attached hydrogen (secondary N) is 1. The molecular formula is C13H16BrFN2O2. The van der Waals surface area contributed by atoms with Crippen molar-refractivity contribution in [2.45, 2.75) is 13.8 Å². The first-order valence-corrected chi connectivity index (χ1v) is 6.79. The fraction of sp³-hybridized carbons (Fsp3) is 0.385. The van der Waals surface area contributed by atoms with Crippen LogP contribution < -0.4 is 5.32 Å². The van der Waals surface area contributed by atoms with Gasteiger partial charge in [0.1, 0.15) is 5.82 Å². The van der Waals surface area contributed by atoms with Crippen LogP contribution in [-0.4, -0.2) is 36.3 Å². The van der Waals surface area contributed by atoms with Crippen molar-refractivity contribution >= 4 is 27.7 Å². The highest BCUT2D eigenvalue weighted by Crippen LogP contribution is 2.17. The third-order valence-electron chi connectivity index (χ3n) is 2.54. The molecule has 0 aliphatic heterocycles. The summed E-state index contributed by atoms with van der Waals surface area (Å²) < 4.78 is 14.3. The summed E-state index contributed by atoms with van der Waals surface area (Å²) in [6, 6.07) is 4.15. The first kappa shape index (κ1) is 15.6. The van der Waals surface area contributed by atoms with Crippen LogP contribution >= 0.6 is 15.9 Å². The number of carbonyl (C=O) groups is 2. The minimum atomic E-state index is -0.595. The zero-order chi connectivity index (χ0) is 14.4. The second-order valence-corrected chi connectivity index (χ2v) is 4.81. The Kier molecular flexibility index (Phi) is 5.95. The molecule has 0 saturated heterocycles. The van der Waals surface area contributed by atoms with Crippen molar-refractivity contribution in [2.24, 2.45) is 0 Å². The summed E-state index contributed by atoms with van der Waals surface area (Å²) in [6.45, 7) is 4.30. The molecule has 19 heavy (non-hydrogen) atoms. The number of benzene rings is 1. The molecule has 0 aromatic heterocycles. The third-order valence-corrected chi connectivity index (χ3v) is 3.03. The number of carbonyl (C=O) groups excluding carboxylic acids is 2. The molecule has 1 rings (SSSR count). The third kappa shape index (κ3) is 4.31. The first-order chi connectivity index (χ1) is 8.99. The van der Waals surface area contributed by atoms with Crippen molar-refractivity contribution in [1.29, 1.82) is 0 Å². The van der Waals surface area contributed by atoms with Gasteiger partial charge in [0.2, 0.25) is 5.91 Å². The molecule has 0 aliphatic carbocycles. The van der Waals surface area contributed by atoms with Crippen LogP contribution in [0.3, 0.4) is 0 Å². The molecule has 2 amide bonds. The Morgan fingerprint density at radius 1 is 1.37 bits per heavy atom. The molecule has 0 aliphatic rings. The Labute approximate surface area is 120 Å². The van der Waals surface area contributed by atoms with E-state index in [9.17, 15) is 14.0 Å². The van der Waals surface area contributed by atoms with Gasteiger partial charge in [-0.2, -0.15) is 0 Å². The van der Waals surface area contributed by atoms with E-state index in [-0.39, 0.29) is 18.0 Å². The minimum absolute atomic E-state index is 0.0412. The summed E-state index contributed by atoms with van der Waals surface area (Å²) in [5, 5.41) is 2.61. The van der Waals surface area contributed by atoms with Gasteiger partial charge in [-0.25, -0.2) is 4.39 Å². The standard InChI is InChI=1S/C13H16BrFN2O2/c1-3-16-12(18)8-17(4-2)13(19)10-7-9(14)5-6-11(10)15/h5-7H,3-4,8H2,1-2H3,(H,16,18). The fourth-order valence-corrected chi connectivity index (χ4v) is 1.95. The van der Waals surface area contributed by atoms with Crippen LogP contribution in [0.25, 0.3) is 0 Å². The molecule has 0 bridgehead atoms. The number of likely N-dealkylation sites (N-methyl/N-ethyl adjacent to an activating group) is 2. The molecule has 104 valence electrons. The van der Waals surface area contributed by atoms with E-state index in [0.717, 1.165) is 0 Å². The molecule has 4 nitrogen and oxygen atoms in total. The van der Waals surface area contributed by atoms with E-state index in [1.165, 1.54) is 23.1 Å². The van der Waals surface area contributed by atoms with Crippen LogP contribution in [0.2, 0.25) is 0 Å². The van der Waals surface area contributed by atoms with Gasteiger partial charge in [-0.3, -0.25) is 9.59 Å². The number of hydrogen-bond donors (Lipinski definition) is 1. The molecule has 0 atom stereocenters. The van der Waals surface area contributed by atoms with E-state index in [4.69, 9.17) is 0 Å². The Morgan fingerprint density at radius 2 is 2.05 bits per heavy atom. The molecule has 1 aromatic rings. The predicted molar refractivity (Wildman–Crippen MR) is 74.4 cm³/mol. The highest BCUT2D eigenvalue weighted by Gasteiger charge is 2.20. The van der Waals surface area contributed by atoms with Gasteiger partial charge in [-0.15, -0.1) is 0 Å². The smallest absolute Gasteiger partial charge is 0.257 e. The van der Waals surface area contributed by atoms with Gasteiger partial charge in [0.15, 0.2) is 0 Å². The van der Waals surface area contributed by atoms with Gasteiger partial charge in [0, 0.05) is 17.6 Å². The molecule has 0 fully saturated rings. The number of rotatable bonds is 5. The molecule has 0 heterocycles. The van der Waals surface area contributed by atoms with Crippen LogP contribution in [0, 0.1) is 5.82 Å².